The third-order valence-corrected chi connectivity index (χ3v) is 7.43. The van der Waals surface area contributed by atoms with Gasteiger partial charge in [0.05, 0.1) is 11.0 Å². The molecule has 4 nitrogen and oxygen atoms in total. The molecule has 1 spiro atoms. The molecule has 22 heavy (non-hydrogen) atoms. The van der Waals surface area contributed by atoms with Gasteiger partial charge < -0.3 is 5.11 Å². The summed E-state index contributed by atoms with van der Waals surface area (Å²) in [4.78, 5) is 0.321. The molecule has 1 aromatic rings. The molecule has 0 aromatic heterocycles. The predicted octanol–water partition coefficient (Wildman–Crippen LogP) is 2.96. The standard InChI is InChI=1S/C16H22ClNO3S/c1-12-10-13(17)5-6-14(12)22(20,21)18-9-3-8-16(11-18)7-2-4-15(16)19/h5-6,10,15,19H,2-4,7-9,11H2,1H3/t15-,16-/m1/s1. The number of piperidine rings is 1. The van der Waals surface area contributed by atoms with Crippen LogP contribution >= 0.6 is 11.6 Å². The second kappa shape index (κ2) is 5.78. The second-order valence-corrected chi connectivity index (χ2v) is 8.97. The Labute approximate surface area is 137 Å². The fourth-order valence-electron chi connectivity index (χ4n) is 3.96. The highest BCUT2D eigenvalue weighted by atomic mass is 35.5. The maximum Gasteiger partial charge on any atom is 0.243 e. The molecule has 3 rings (SSSR count). The molecule has 0 amide bonds. The van der Waals surface area contributed by atoms with Crippen molar-refractivity contribution in [2.75, 3.05) is 13.1 Å². The lowest BCUT2D eigenvalue weighted by Gasteiger charge is -2.42. The molecule has 1 saturated heterocycles. The van der Waals surface area contributed by atoms with Crippen LogP contribution in [-0.4, -0.2) is 37.0 Å². The first-order valence-electron chi connectivity index (χ1n) is 7.80. The van der Waals surface area contributed by atoms with Crippen LogP contribution in [0.5, 0.6) is 0 Å². The SMILES string of the molecule is Cc1cc(Cl)ccc1S(=O)(=O)N1CCC[C@]2(CCC[C@H]2O)C1. The molecule has 0 radical (unpaired) electrons. The zero-order valence-corrected chi connectivity index (χ0v) is 14.3. The van der Waals surface area contributed by atoms with Gasteiger partial charge in [0, 0.05) is 23.5 Å². The summed E-state index contributed by atoms with van der Waals surface area (Å²) in [6, 6.07) is 4.88. The van der Waals surface area contributed by atoms with Crippen LogP contribution in [0, 0.1) is 12.3 Å². The molecule has 1 aliphatic carbocycles. The number of rotatable bonds is 2. The molecule has 1 N–H and O–H groups in total. The summed E-state index contributed by atoms with van der Waals surface area (Å²) in [7, 11) is -3.53. The molecule has 1 saturated carbocycles. The highest BCUT2D eigenvalue weighted by Gasteiger charge is 2.47. The zero-order valence-electron chi connectivity index (χ0n) is 12.8. The van der Waals surface area contributed by atoms with Gasteiger partial charge in [-0.25, -0.2) is 8.42 Å². The number of aliphatic hydroxyl groups excluding tert-OH is 1. The van der Waals surface area contributed by atoms with E-state index in [9.17, 15) is 13.5 Å². The molecule has 2 aliphatic rings. The normalized spacial score (nSPS) is 30.0. The Morgan fingerprint density at radius 1 is 1.32 bits per heavy atom. The van der Waals surface area contributed by atoms with Gasteiger partial charge in [-0.1, -0.05) is 18.0 Å². The van der Waals surface area contributed by atoms with Crippen LogP contribution in [0.3, 0.4) is 0 Å². The maximum atomic E-state index is 13.0. The molecule has 1 aliphatic heterocycles. The van der Waals surface area contributed by atoms with Crippen LogP contribution in [0.1, 0.15) is 37.7 Å². The van der Waals surface area contributed by atoms with Crippen LogP contribution in [-0.2, 0) is 10.0 Å². The Kier molecular flexibility index (Phi) is 4.27. The summed E-state index contributed by atoms with van der Waals surface area (Å²) < 4.78 is 27.5. The van der Waals surface area contributed by atoms with E-state index < -0.39 is 10.0 Å². The number of hydrogen-bond acceptors (Lipinski definition) is 3. The Bertz CT molecular complexity index is 676. The fourth-order valence-corrected chi connectivity index (χ4v) is 5.97. The van der Waals surface area contributed by atoms with Crippen molar-refractivity contribution in [1.82, 2.24) is 4.31 Å². The van der Waals surface area contributed by atoms with Gasteiger partial charge in [0.15, 0.2) is 0 Å². The van der Waals surface area contributed by atoms with Gasteiger partial charge in [-0.3, -0.25) is 0 Å². The summed E-state index contributed by atoms with van der Waals surface area (Å²) in [5.41, 5.74) is 0.421. The van der Waals surface area contributed by atoms with Crippen molar-refractivity contribution in [2.45, 2.75) is 50.0 Å². The van der Waals surface area contributed by atoms with E-state index in [-0.39, 0.29) is 11.5 Å². The van der Waals surface area contributed by atoms with Crippen molar-refractivity contribution in [3.05, 3.63) is 28.8 Å². The molecule has 0 unspecified atom stereocenters. The van der Waals surface area contributed by atoms with E-state index in [4.69, 9.17) is 11.6 Å². The van der Waals surface area contributed by atoms with E-state index in [1.807, 2.05) is 0 Å². The number of aliphatic hydroxyl groups is 1. The Hall–Kier alpha value is -0.620. The number of hydrogen-bond donors (Lipinski definition) is 1. The minimum absolute atomic E-state index is 0.244. The second-order valence-electron chi connectivity index (χ2n) is 6.62. The molecule has 2 fully saturated rings. The van der Waals surface area contributed by atoms with Crippen molar-refractivity contribution in [3.8, 4) is 0 Å². The van der Waals surface area contributed by atoms with Crippen molar-refractivity contribution < 1.29 is 13.5 Å². The molecular weight excluding hydrogens is 322 g/mol. The third-order valence-electron chi connectivity index (χ3n) is 5.19. The van der Waals surface area contributed by atoms with E-state index >= 15 is 0 Å². The van der Waals surface area contributed by atoms with Gasteiger partial charge in [-0.05, 0) is 56.4 Å². The Morgan fingerprint density at radius 3 is 2.68 bits per heavy atom. The summed E-state index contributed by atoms with van der Waals surface area (Å²) in [6.45, 7) is 2.72. The van der Waals surface area contributed by atoms with Gasteiger partial charge in [0.2, 0.25) is 10.0 Å². The van der Waals surface area contributed by atoms with Crippen LogP contribution in [0.25, 0.3) is 0 Å². The first kappa shape index (κ1) is 16.2. The third kappa shape index (κ3) is 2.68. The Balaban J connectivity index is 1.92. The molecule has 6 heteroatoms. The Morgan fingerprint density at radius 2 is 2.05 bits per heavy atom. The molecule has 0 bridgehead atoms. The predicted molar refractivity (Wildman–Crippen MR) is 86.5 cm³/mol. The summed E-state index contributed by atoms with van der Waals surface area (Å²) in [5.74, 6) is 0. The molecular formula is C16H22ClNO3S. The minimum Gasteiger partial charge on any atom is -0.392 e. The van der Waals surface area contributed by atoms with Crippen LogP contribution in [0.15, 0.2) is 23.1 Å². The number of benzene rings is 1. The monoisotopic (exact) mass is 343 g/mol. The van der Waals surface area contributed by atoms with Gasteiger partial charge in [-0.15, -0.1) is 0 Å². The molecule has 122 valence electrons. The van der Waals surface area contributed by atoms with Gasteiger partial charge in [0.1, 0.15) is 0 Å². The van der Waals surface area contributed by atoms with E-state index in [0.717, 1.165) is 32.1 Å². The number of aryl methyl sites for hydroxylation is 1. The largest absolute Gasteiger partial charge is 0.392 e. The average molecular weight is 344 g/mol. The smallest absolute Gasteiger partial charge is 0.243 e. The van der Waals surface area contributed by atoms with Gasteiger partial charge >= 0.3 is 0 Å². The minimum atomic E-state index is -3.53. The summed E-state index contributed by atoms with van der Waals surface area (Å²) in [5, 5.41) is 10.9. The zero-order chi connectivity index (χ0) is 16.0. The number of sulfonamides is 1. The lowest BCUT2D eigenvalue weighted by molar-refractivity contribution is 0.0127. The highest BCUT2D eigenvalue weighted by Crippen LogP contribution is 2.46. The number of nitrogens with zero attached hydrogens (tertiary/aromatic N) is 1. The molecule has 1 heterocycles. The van der Waals surface area contributed by atoms with Crippen LogP contribution < -0.4 is 0 Å². The molecule has 1 aromatic carbocycles. The van der Waals surface area contributed by atoms with E-state index in [1.165, 1.54) is 0 Å². The van der Waals surface area contributed by atoms with E-state index in [2.05, 4.69) is 0 Å². The van der Waals surface area contributed by atoms with Crippen molar-refractivity contribution >= 4 is 21.6 Å². The number of halogens is 1. The first-order valence-corrected chi connectivity index (χ1v) is 9.61. The quantitative estimate of drug-likeness (QED) is 0.898. The van der Waals surface area contributed by atoms with Crippen molar-refractivity contribution in [2.24, 2.45) is 5.41 Å². The summed E-state index contributed by atoms with van der Waals surface area (Å²) in [6.07, 6.45) is 4.03. The van der Waals surface area contributed by atoms with E-state index in [1.54, 1.807) is 29.4 Å². The van der Waals surface area contributed by atoms with Crippen LogP contribution in [0.2, 0.25) is 5.02 Å². The lowest BCUT2D eigenvalue weighted by Crippen LogP contribution is -2.49. The fraction of sp³-hybridized carbons (Fsp3) is 0.625. The van der Waals surface area contributed by atoms with Crippen molar-refractivity contribution in [3.63, 3.8) is 0 Å². The lowest BCUT2D eigenvalue weighted by atomic mass is 9.77. The van der Waals surface area contributed by atoms with Gasteiger partial charge in [-0.2, -0.15) is 4.31 Å². The first-order chi connectivity index (χ1) is 10.3. The summed E-state index contributed by atoms with van der Waals surface area (Å²) >= 11 is 5.93. The van der Waals surface area contributed by atoms with E-state index in [0.29, 0.717) is 28.6 Å². The highest BCUT2D eigenvalue weighted by molar-refractivity contribution is 7.89. The van der Waals surface area contributed by atoms with Crippen LogP contribution in [0.4, 0.5) is 0 Å². The maximum absolute atomic E-state index is 13.0. The van der Waals surface area contributed by atoms with Gasteiger partial charge in [0.25, 0.3) is 0 Å². The topological polar surface area (TPSA) is 57.6 Å². The van der Waals surface area contributed by atoms with Crippen molar-refractivity contribution in [1.29, 1.82) is 0 Å². The molecule has 2 atom stereocenters. The average Bonchev–Trinajstić information content (AvgIpc) is 2.79.